The minimum Gasteiger partial charge on any atom is -0.340 e. The molecule has 0 saturated carbocycles. The first-order valence-electron chi connectivity index (χ1n) is 5.14. The monoisotopic (exact) mass is 222 g/mol. The Balaban J connectivity index is 2.08. The molecular weight excluding hydrogens is 208 g/mol. The van der Waals surface area contributed by atoms with Gasteiger partial charge in [-0.15, -0.1) is 5.10 Å². The molecule has 2 N–H and O–H groups in total. The van der Waals surface area contributed by atoms with Gasteiger partial charge < -0.3 is 10.3 Å². The highest BCUT2D eigenvalue weighted by Gasteiger charge is 2.10. The molecule has 7 nitrogen and oxygen atoms in total. The second kappa shape index (κ2) is 4.40. The van der Waals surface area contributed by atoms with Crippen molar-refractivity contribution in [2.75, 3.05) is 0 Å². The quantitative estimate of drug-likeness (QED) is 0.805. The van der Waals surface area contributed by atoms with Crippen molar-refractivity contribution in [3.63, 3.8) is 0 Å². The largest absolute Gasteiger partial charge is 0.340 e. The SMILES string of the molecule is CCC(N)c1cn(Cc2noc(C)n2)nn1. The molecule has 0 spiro atoms. The predicted molar refractivity (Wildman–Crippen MR) is 55.4 cm³/mol. The Labute approximate surface area is 92.6 Å². The van der Waals surface area contributed by atoms with Crippen LogP contribution in [-0.4, -0.2) is 25.1 Å². The molecule has 0 aromatic carbocycles. The summed E-state index contributed by atoms with van der Waals surface area (Å²) in [5.74, 6) is 1.12. The van der Waals surface area contributed by atoms with Crippen LogP contribution in [-0.2, 0) is 6.54 Å². The van der Waals surface area contributed by atoms with Crippen LogP contribution in [0.5, 0.6) is 0 Å². The van der Waals surface area contributed by atoms with Crippen LogP contribution in [0.1, 0.15) is 36.8 Å². The van der Waals surface area contributed by atoms with Crippen molar-refractivity contribution < 1.29 is 4.52 Å². The van der Waals surface area contributed by atoms with E-state index < -0.39 is 0 Å². The molecule has 0 aliphatic carbocycles. The van der Waals surface area contributed by atoms with Crippen molar-refractivity contribution in [1.29, 1.82) is 0 Å². The third kappa shape index (κ3) is 2.25. The molecule has 0 fully saturated rings. The fourth-order valence-corrected chi connectivity index (χ4v) is 1.32. The maximum atomic E-state index is 5.84. The van der Waals surface area contributed by atoms with Gasteiger partial charge in [0, 0.05) is 6.92 Å². The van der Waals surface area contributed by atoms with Crippen LogP contribution in [0.2, 0.25) is 0 Å². The van der Waals surface area contributed by atoms with Crippen molar-refractivity contribution >= 4 is 0 Å². The topological polar surface area (TPSA) is 95.7 Å². The first-order valence-corrected chi connectivity index (χ1v) is 5.14. The third-order valence-corrected chi connectivity index (χ3v) is 2.25. The molecular formula is C9H14N6O. The van der Waals surface area contributed by atoms with E-state index in [0.29, 0.717) is 18.3 Å². The zero-order valence-electron chi connectivity index (χ0n) is 9.29. The van der Waals surface area contributed by atoms with E-state index in [2.05, 4.69) is 20.5 Å². The van der Waals surface area contributed by atoms with Gasteiger partial charge in [-0.1, -0.05) is 17.3 Å². The van der Waals surface area contributed by atoms with Crippen LogP contribution in [0.3, 0.4) is 0 Å². The molecule has 2 rings (SSSR count). The minimum atomic E-state index is -0.0687. The molecule has 0 aliphatic heterocycles. The van der Waals surface area contributed by atoms with E-state index in [9.17, 15) is 0 Å². The maximum Gasteiger partial charge on any atom is 0.223 e. The Kier molecular flexibility index (Phi) is 2.95. The predicted octanol–water partition coefficient (Wildman–Crippen LogP) is 0.428. The van der Waals surface area contributed by atoms with Crippen LogP contribution < -0.4 is 5.73 Å². The van der Waals surface area contributed by atoms with E-state index in [1.807, 2.05) is 6.92 Å². The minimum absolute atomic E-state index is 0.0687. The first kappa shape index (κ1) is 10.7. The van der Waals surface area contributed by atoms with Crippen LogP contribution in [0.25, 0.3) is 0 Å². The number of hydrogen-bond donors (Lipinski definition) is 1. The highest BCUT2D eigenvalue weighted by molar-refractivity contribution is 5.00. The normalized spacial score (nSPS) is 12.9. The van der Waals surface area contributed by atoms with Crippen molar-refractivity contribution in [3.05, 3.63) is 23.6 Å². The van der Waals surface area contributed by atoms with Crippen LogP contribution in [0.4, 0.5) is 0 Å². The maximum absolute atomic E-state index is 5.84. The van der Waals surface area contributed by atoms with Crippen LogP contribution in [0, 0.1) is 6.92 Å². The average Bonchev–Trinajstić information content (AvgIpc) is 2.87. The van der Waals surface area contributed by atoms with E-state index in [0.717, 1.165) is 12.1 Å². The van der Waals surface area contributed by atoms with E-state index in [4.69, 9.17) is 10.3 Å². The summed E-state index contributed by atoms with van der Waals surface area (Å²) < 4.78 is 6.51. The van der Waals surface area contributed by atoms with Gasteiger partial charge >= 0.3 is 0 Å². The molecule has 16 heavy (non-hydrogen) atoms. The van der Waals surface area contributed by atoms with Gasteiger partial charge in [0.05, 0.1) is 17.9 Å². The molecule has 0 bridgehead atoms. The molecule has 0 amide bonds. The second-order valence-electron chi connectivity index (χ2n) is 3.59. The number of aryl methyl sites for hydroxylation is 1. The zero-order chi connectivity index (χ0) is 11.5. The lowest BCUT2D eigenvalue weighted by Gasteiger charge is -2.01. The average molecular weight is 222 g/mol. The lowest BCUT2D eigenvalue weighted by molar-refractivity contribution is 0.385. The van der Waals surface area contributed by atoms with Crippen molar-refractivity contribution in [2.45, 2.75) is 32.9 Å². The van der Waals surface area contributed by atoms with E-state index >= 15 is 0 Å². The molecule has 1 atom stereocenters. The lowest BCUT2D eigenvalue weighted by atomic mass is 10.2. The van der Waals surface area contributed by atoms with Gasteiger partial charge in [-0.25, -0.2) is 4.68 Å². The highest BCUT2D eigenvalue weighted by atomic mass is 16.5. The molecule has 0 radical (unpaired) electrons. The summed E-state index contributed by atoms with van der Waals surface area (Å²) in [7, 11) is 0. The van der Waals surface area contributed by atoms with E-state index in [1.165, 1.54) is 0 Å². The number of rotatable bonds is 4. The number of nitrogens with two attached hydrogens (primary N) is 1. The van der Waals surface area contributed by atoms with Gasteiger partial charge in [0.15, 0.2) is 5.82 Å². The summed E-state index contributed by atoms with van der Waals surface area (Å²) >= 11 is 0. The fraction of sp³-hybridized carbons (Fsp3) is 0.556. The van der Waals surface area contributed by atoms with E-state index in [-0.39, 0.29) is 6.04 Å². The lowest BCUT2D eigenvalue weighted by Crippen LogP contribution is -2.08. The number of nitrogens with zero attached hydrogens (tertiary/aromatic N) is 5. The van der Waals surface area contributed by atoms with Crippen LogP contribution >= 0.6 is 0 Å². The summed E-state index contributed by atoms with van der Waals surface area (Å²) in [4.78, 5) is 4.08. The summed E-state index contributed by atoms with van der Waals surface area (Å²) in [6.07, 6.45) is 2.64. The van der Waals surface area contributed by atoms with Crippen molar-refractivity contribution in [3.8, 4) is 0 Å². The smallest absolute Gasteiger partial charge is 0.223 e. The molecule has 2 heterocycles. The van der Waals surface area contributed by atoms with Crippen molar-refractivity contribution in [2.24, 2.45) is 5.73 Å². The van der Waals surface area contributed by atoms with Gasteiger partial charge in [-0.3, -0.25) is 0 Å². The Morgan fingerprint density at radius 2 is 2.38 bits per heavy atom. The standard InChI is InChI=1S/C9H14N6O/c1-3-7(10)8-4-15(14-12-8)5-9-11-6(2)16-13-9/h4,7H,3,5,10H2,1-2H3. The van der Waals surface area contributed by atoms with Gasteiger partial charge in [-0.2, -0.15) is 4.98 Å². The molecule has 0 saturated heterocycles. The van der Waals surface area contributed by atoms with Crippen LogP contribution in [0.15, 0.2) is 10.7 Å². The first-order chi connectivity index (χ1) is 7.69. The third-order valence-electron chi connectivity index (χ3n) is 2.25. The summed E-state index contributed by atoms with van der Waals surface area (Å²) in [6, 6.07) is -0.0687. The molecule has 2 aromatic heterocycles. The molecule has 0 aliphatic rings. The molecule has 86 valence electrons. The van der Waals surface area contributed by atoms with Gasteiger partial charge in [0.25, 0.3) is 0 Å². The Bertz CT molecular complexity index is 462. The van der Waals surface area contributed by atoms with Gasteiger partial charge in [0.1, 0.15) is 6.54 Å². The Morgan fingerprint density at radius 1 is 1.56 bits per heavy atom. The van der Waals surface area contributed by atoms with Gasteiger partial charge in [-0.05, 0) is 6.42 Å². The Morgan fingerprint density at radius 3 is 3.00 bits per heavy atom. The zero-order valence-corrected chi connectivity index (χ0v) is 9.29. The van der Waals surface area contributed by atoms with Gasteiger partial charge in [0.2, 0.25) is 5.89 Å². The molecule has 1 unspecified atom stereocenters. The molecule has 2 aromatic rings. The molecule has 7 heteroatoms. The highest BCUT2D eigenvalue weighted by Crippen LogP contribution is 2.09. The summed E-state index contributed by atoms with van der Waals surface area (Å²) in [5.41, 5.74) is 6.62. The van der Waals surface area contributed by atoms with E-state index in [1.54, 1.807) is 17.8 Å². The summed E-state index contributed by atoms with van der Waals surface area (Å²) in [6.45, 7) is 4.20. The number of hydrogen-bond acceptors (Lipinski definition) is 6. The summed E-state index contributed by atoms with van der Waals surface area (Å²) in [5, 5.41) is 11.7. The fourth-order valence-electron chi connectivity index (χ4n) is 1.32. The second-order valence-corrected chi connectivity index (χ2v) is 3.59. The number of aromatic nitrogens is 5. The van der Waals surface area contributed by atoms with Crippen molar-refractivity contribution in [1.82, 2.24) is 25.1 Å². The Hall–Kier alpha value is -1.76.